The molecule has 0 aliphatic carbocycles. The van der Waals surface area contributed by atoms with E-state index in [0.29, 0.717) is 0 Å². The first-order chi connectivity index (χ1) is 12.8. The van der Waals surface area contributed by atoms with Crippen molar-refractivity contribution in [1.29, 1.82) is 0 Å². The van der Waals surface area contributed by atoms with Gasteiger partial charge in [0.25, 0.3) is 5.91 Å². The molecule has 0 spiro atoms. The van der Waals surface area contributed by atoms with Crippen LogP contribution in [0.1, 0.15) is 21.8 Å². The fourth-order valence-corrected chi connectivity index (χ4v) is 2.32. The zero-order chi connectivity index (χ0) is 19.4. The number of aromatic nitrogens is 2. The van der Waals surface area contributed by atoms with Gasteiger partial charge in [-0.1, -0.05) is 23.4 Å². The van der Waals surface area contributed by atoms with Gasteiger partial charge < -0.3 is 9.84 Å². The third-order valence-corrected chi connectivity index (χ3v) is 3.63. The summed E-state index contributed by atoms with van der Waals surface area (Å²) >= 11 is 0. The molecule has 9 heteroatoms. The molecule has 3 rings (SSSR count). The number of rotatable bonds is 5. The Morgan fingerprint density at radius 3 is 2.63 bits per heavy atom. The standard InChI is InChI=1S/C18H13F4N3O2/c19-14-6-2-4-12(10-14)17(26)23-8-7-15-24-16(25-27-15)11-3-1-5-13(9-11)18(20,21)22/h1-6,9-10H,7-8H2,(H,23,26). The van der Waals surface area contributed by atoms with Crippen LogP contribution < -0.4 is 5.32 Å². The first-order valence-corrected chi connectivity index (χ1v) is 7.87. The first kappa shape index (κ1) is 18.6. The summed E-state index contributed by atoms with van der Waals surface area (Å²) in [4.78, 5) is 15.9. The Bertz CT molecular complexity index is 954. The van der Waals surface area contributed by atoms with Crippen LogP contribution in [0.5, 0.6) is 0 Å². The van der Waals surface area contributed by atoms with Gasteiger partial charge in [0.05, 0.1) is 5.56 Å². The lowest BCUT2D eigenvalue weighted by molar-refractivity contribution is -0.137. The van der Waals surface area contributed by atoms with E-state index in [4.69, 9.17) is 4.52 Å². The molecule has 0 aliphatic heterocycles. The van der Waals surface area contributed by atoms with Crippen LogP contribution in [-0.2, 0) is 12.6 Å². The number of benzene rings is 2. The van der Waals surface area contributed by atoms with E-state index < -0.39 is 23.5 Å². The summed E-state index contributed by atoms with van der Waals surface area (Å²) in [5, 5.41) is 6.23. The van der Waals surface area contributed by atoms with Gasteiger partial charge in [-0.05, 0) is 30.3 Å². The Balaban J connectivity index is 1.61. The number of carbonyl (C=O) groups excluding carboxylic acids is 1. The molecule has 140 valence electrons. The summed E-state index contributed by atoms with van der Waals surface area (Å²) in [7, 11) is 0. The van der Waals surface area contributed by atoms with Crippen LogP contribution in [0.2, 0.25) is 0 Å². The highest BCUT2D eigenvalue weighted by Crippen LogP contribution is 2.31. The summed E-state index contributed by atoms with van der Waals surface area (Å²) in [6.45, 7) is 0.138. The van der Waals surface area contributed by atoms with E-state index in [9.17, 15) is 22.4 Å². The molecule has 1 amide bonds. The third kappa shape index (κ3) is 4.69. The second-order valence-electron chi connectivity index (χ2n) is 5.61. The van der Waals surface area contributed by atoms with Crippen molar-refractivity contribution in [2.75, 3.05) is 6.54 Å². The summed E-state index contributed by atoms with van der Waals surface area (Å²) in [5.74, 6) is -0.813. The van der Waals surface area contributed by atoms with Crippen molar-refractivity contribution < 1.29 is 26.9 Å². The zero-order valence-corrected chi connectivity index (χ0v) is 13.8. The molecule has 0 saturated heterocycles. The van der Waals surface area contributed by atoms with E-state index in [1.165, 1.54) is 30.3 Å². The molecule has 5 nitrogen and oxygen atoms in total. The van der Waals surface area contributed by atoms with Gasteiger partial charge >= 0.3 is 6.18 Å². The Morgan fingerprint density at radius 1 is 1.11 bits per heavy atom. The average Bonchev–Trinajstić information content (AvgIpc) is 3.10. The maximum Gasteiger partial charge on any atom is 0.416 e. The van der Waals surface area contributed by atoms with Gasteiger partial charge in [-0.2, -0.15) is 18.2 Å². The molecule has 3 aromatic rings. The van der Waals surface area contributed by atoms with Crippen LogP contribution >= 0.6 is 0 Å². The quantitative estimate of drug-likeness (QED) is 0.684. The largest absolute Gasteiger partial charge is 0.416 e. The number of hydrogen-bond donors (Lipinski definition) is 1. The predicted octanol–water partition coefficient (Wildman–Crippen LogP) is 3.87. The second kappa shape index (κ2) is 7.56. The van der Waals surface area contributed by atoms with Crippen molar-refractivity contribution >= 4 is 5.91 Å². The van der Waals surface area contributed by atoms with Gasteiger partial charge in [0.1, 0.15) is 5.82 Å². The van der Waals surface area contributed by atoms with Crippen LogP contribution in [0.25, 0.3) is 11.4 Å². The highest BCUT2D eigenvalue weighted by molar-refractivity contribution is 5.94. The van der Waals surface area contributed by atoms with Crippen molar-refractivity contribution in [1.82, 2.24) is 15.5 Å². The SMILES string of the molecule is O=C(NCCc1nc(-c2cccc(C(F)(F)F)c2)no1)c1cccc(F)c1. The fourth-order valence-electron chi connectivity index (χ4n) is 2.32. The highest BCUT2D eigenvalue weighted by atomic mass is 19.4. The number of amides is 1. The molecule has 0 atom stereocenters. The molecular formula is C18H13F4N3O2. The van der Waals surface area contributed by atoms with Crippen molar-refractivity contribution in [3.8, 4) is 11.4 Å². The molecule has 1 heterocycles. The topological polar surface area (TPSA) is 68.0 Å². The maximum absolute atomic E-state index is 13.1. The number of nitrogens with zero attached hydrogens (tertiary/aromatic N) is 2. The van der Waals surface area contributed by atoms with Crippen molar-refractivity contribution in [3.05, 3.63) is 71.4 Å². The van der Waals surface area contributed by atoms with Gasteiger partial charge in [-0.15, -0.1) is 0 Å². The Morgan fingerprint density at radius 2 is 1.89 bits per heavy atom. The molecule has 0 aliphatic rings. The van der Waals surface area contributed by atoms with Crippen molar-refractivity contribution in [2.45, 2.75) is 12.6 Å². The fraction of sp³-hybridized carbons (Fsp3) is 0.167. The second-order valence-corrected chi connectivity index (χ2v) is 5.61. The maximum atomic E-state index is 13.1. The number of alkyl halides is 3. The Hall–Kier alpha value is -3.23. The van der Waals surface area contributed by atoms with Crippen LogP contribution in [0.15, 0.2) is 53.1 Å². The van der Waals surface area contributed by atoms with E-state index in [2.05, 4.69) is 15.5 Å². The van der Waals surface area contributed by atoms with Gasteiger partial charge in [-0.3, -0.25) is 4.79 Å². The minimum atomic E-state index is -4.47. The Kier molecular flexibility index (Phi) is 5.20. The average molecular weight is 379 g/mol. The van der Waals surface area contributed by atoms with E-state index in [0.717, 1.165) is 18.2 Å². The van der Waals surface area contributed by atoms with E-state index in [-0.39, 0.29) is 35.8 Å². The first-order valence-electron chi connectivity index (χ1n) is 7.87. The molecule has 0 unspecified atom stereocenters. The lowest BCUT2D eigenvalue weighted by atomic mass is 10.1. The van der Waals surface area contributed by atoms with Gasteiger partial charge in [-0.25, -0.2) is 4.39 Å². The molecule has 0 fully saturated rings. The Labute approximate surface area is 151 Å². The summed E-state index contributed by atoms with van der Waals surface area (Å²) in [6.07, 6.45) is -4.29. The van der Waals surface area contributed by atoms with Crippen molar-refractivity contribution in [2.24, 2.45) is 0 Å². The summed E-state index contributed by atoms with van der Waals surface area (Å²) in [5.41, 5.74) is -0.470. The smallest absolute Gasteiger partial charge is 0.352 e. The molecule has 0 radical (unpaired) electrons. The van der Waals surface area contributed by atoms with Gasteiger partial charge in [0.2, 0.25) is 11.7 Å². The normalized spacial score (nSPS) is 11.4. The summed E-state index contributed by atoms with van der Waals surface area (Å²) in [6, 6.07) is 9.80. The predicted molar refractivity (Wildman–Crippen MR) is 87.2 cm³/mol. The monoisotopic (exact) mass is 379 g/mol. The molecule has 27 heavy (non-hydrogen) atoms. The molecule has 0 bridgehead atoms. The van der Waals surface area contributed by atoms with E-state index >= 15 is 0 Å². The molecule has 1 aromatic heterocycles. The lowest BCUT2D eigenvalue weighted by Crippen LogP contribution is -2.25. The van der Waals surface area contributed by atoms with E-state index in [1.807, 2.05) is 0 Å². The van der Waals surface area contributed by atoms with Crippen LogP contribution in [0.3, 0.4) is 0 Å². The molecule has 1 N–H and O–H groups in total. The summed E-state index contributed by atoms with van der Waals surface area (Å²) < 4.78 is 56.4. The lowest BCUT2D eigenvalue weighted by Gasteiger charge is -2.06. The number of carbonyl (C=O) groups is 1. The van der Waals surface area contributed by atoms with Crippen LogP contribution in [0.4, 0.5) is 17.6 Å². The van der Waals surface area contributed by atoms with Crippen molar-refractivity contribution in [3.63, 3.8) is 0 Å². The van der Waals surface area contributed by atoms with Crippen LogP contribution in [-0.4, -0.2) is 22.6 Å². The zero-order valence-electron chi connectivity index (χ0n) is 13.8. The third-order valence-electron chi connectivity index (χ3n) is 3.63. The molecular weight excluding hydrogens is 366 g/mol. The van der Waals surface area contributed by atoms with Gasteiger partial charge in [0, 0.05) is 24.1 Å². The van der Waals surface area contributed by atoms with Gasteiger partial charge in [0.15, 0.2) is 0 Å². The minimum Gasteiger partial charge on any atom is -0.352 e. The minimum absolute atomic E-state index is 0.0209. The number of hydrogen-bond acceptors (Lipinski definition) is 4. The van der Waals surface area contributed by atoms with Crippen LogP contribution in [0, 0.1) is 5.82 Å². The molecule has 0 saturated carbocycles. The molecule has 2 aromatic carbocycles. The van der Waals surface area contributed by atoms with E-state index in [1.54, 1.807) is 0 Å². The number of halogens is 4. The highest BCUT2D eigenvalue weighted by Gasteiger charge is 2.30. The number of nitrogens with one attached hydrogen (secondary N) is 1.